The molecule has 2 N–H and O–H groups in total. The van der Waals surface area contributed by atoms with Crippen LogP contribution in [-0.4, -0.2) is 37.6 Å². The summed E-state index contributed by atoms with van der Waals surface area (Å²) in [7, 11) is -3.95. The summed E-state index contributed by atoms with van der Waals surface area (Å²) >= 11 is 6.21. The van der Waals surface area contributed by atoms with E-state index in [4.69, 9.17) is 11.6 Å². The largest absolute Gasteiger partial charge is 0.353 e. The van der Waals surface area contributed by atoms with E-state index in [9.17, 15) is 18.0 Å². The zero-order chi connectivity index (χ0) is 19.6. The van der Waals surface area contributed by atoms with Crippen molar-refractivity contribution >= 4 is 39.1 Å². The average molecular weight is 408 g/mol. The Kier molecular flexibility index (Phi) is 5.50. The zero-order valence-corrected chi connectivity index (χ0v) is 16.0. The van der Waals surface area contributed by atoms with E-state index in [1.54, 1.807) is 24.3 Å². The van der Waals surface area contributed by atoms with Gasteiger partial charge in [-0.25, -0.2) is 8.42 Å². The van der Waals surface area contributed by atoms with Gasteiger partial charge < -0.3 is 10.6 Å². The molecule has 27 heavy (non-hydrogen) atoms. The Labute approximate surface area is 162 Å². The zero-order valence-electron chi connectivity index (χ0n) is 14.5. The minimum atomic E-state index is -3.95. The van der Waals surface area contributed by atoms with Crippen molar-refractivity contribution in [3.63, 3.8) is 0 Å². The van der Waals surface area contributed by atoms with Crippen LogP contribution in [0.25, 0.3) is 0 Å². The van der Waals surface area contributed by atoms with Crippen molar-refractivity contribution in [1.29, 1.82) is 0 Å². The molecule has 1 saturated heterocycles. The minimum Gasteiger partial charge on any atom is -0.353 e. The molecule has 1 aliphatic rings. The van der Waals surface area contributed by atoms with Gasteiger partial charge in [-0.3, -0.25) is 9.59 Å². The Balaban J connectivity index is 1.99. The first-order valence-corrected chi connectivity index (χ1v) is 10.0. The van der Waals surface area contributed by atoms with E-state index in [1.807, 2.05) is 0 Å². The number of rotatable bonds is 4. The molecule has 2 aromatic rings. The second-order valence-electron chi connectivity index (χ2n) is 6.04. The number of sulfonamides is 1. The number of amides is 2. The van der Waals surface area contributed by atoms with Crippen LogP contribution < -0.4 is 10.6 Å². The van der Waals surface area contributed by atoms with E-state index in [2.05, 4.69) is 10.6 Å². The summed E-state index contributed by atoms with van der Waals surface area (Å²) < 4.78 is 27.5. The number of halogens is 1. The molecule has 2 aromatic carbocycles. The van der Waals surface area contributed by atoms with Crippen LogP contribution in [0.15, 0.2) is 53.4 Å². The average Bonchev–Trinajstić information content (AvgIpc) is 2.62. The predicted molar refractivity (Wildman–Crippen MR) is 102 cm³/mol. The highest BCUT2D eigenvalue weighted by Gasteiger charge is 2.40. The number of carbonyl (C=O) groups excluding carboxylic acids is 2. The van der Waals surface area contributed by atoms with E-state index < -0.39 is 22.0 Å². The molecule has 0 aliphatic carbocycles. The van der Waals surface area contributed by atoms with Gasteiger partial charge in [-0.1, -0.05) is 29.8 Å². The van der Waals surface area contributed by atoms with Gasteiger partial charge in [0, 0.05) is 30.7 Å². The van der Waals surface area contributed by atoms with Crippen molar-refractivity contribution in [2.75, 3.05) is 18.4 Å². The van der Waals surface area contributed by atoms with Crippen molar-refractivity contribution in [1.82, 2.24) is 9.62 Å². The van der Waals surface area contributed by atoms with Gasteiger partial charge in [-0.2, -0.15) is 4.31 Å². The Morgan fingerprint density at radius 1 is 1.19 bits per heavy atom. The molecule has 1 heterocycles. The molecule has 9 heteroatoms. The molecule has 7 nitrogen and oxygen atoms in total. The van der Waals surface area contributed by atoms with Crippen LogP contribution >= 0.6 is 11.6 Å². The number of piperazine rings is 1. The van der Waals surface area contributed by atoms with E-state index >= 15 is 0 Å². The molecule has 0 radical (unpaired) electrons. The molecule has 0 spiro atoms. The smallest absolute Gasteiger partial charge is 0.244 e. The van der Waals surface area contributed by atoms with Gasteiger partial charge in [0.2, 0.25) is 21.8 Å². The monoisotopic (exact) mass is 407 g/mol. The van der Waals surface area contributed by atoms with Crippen molar-refractivity contribution in [2.45, 2.75) is 17.9 Å². The maximum Gasteiger partial charge on any atom is 0.244 e. The number of hydrogen-bond donors (Lipinski definition) is 2. The van der Waals surface area contributed by atoms with Gasteiger partial charge in [-0.05, 0) is 35.9 Å². The van der Waals surface area contributed by atoms with Gasteiger partial charge >= 0.3 is 0 Å². The van der Waals surface area contributed by atoms with Gasteiger partial charge in [0.25, 0.3) is 0 Å². The van der Waals surface area contributed by atoms with Crippen LogP contribution in [0.1, 0.15) is 18.5 Å². The molecule has 1 unspecified atom stereocenters. The maximum atomic E-state index is 13.2. The topological polar surface area (TPSA) is 95.6 Å². The van der Waals surface area contributed by atoms with Crippen molar-refractivity contribution in [3.8, 4) is 0 Å². The normalized spacial score (nSPS) is 18.0. The van der Waals surface area contributed by atoms with Crippen molar-refractivity contribution < 1.29 is 18.0 Å². The van der Waals surface area contributed by atoms with Gasteiger partial charge in [0.05, 0.1) is 4.90 Å². The third-order valence-corrected chi connectivity index (χ3v) is 6.37. The summed E-state index contributed by atoms with van der Waals surface area (Å²) in [6.07, 6.45) is 0. The summed E-state index contributed by atoms with van der Waals surface area (Å²) in [5.41, 5.74) is 0.912. The molecule has 1 fully saturated rings. The highest BCUT2D eigenvalue weighted by atomic mass is 35.5. The predicted octanol–water partition coefficient (Wildman–Crippen LogP) is 2.16. The third-order valence-electron chi connectivity index (χ3n) is 4.15. The second kappa shape index (κ2) is 7.67. The molecular formula is C18H18ClN3O4S. The second-order valence-corrected chi connectivity index (χ2v) is 8.33. The van der Waals surface area contributed by atoms with Gasteiger partial charge in [0.1, 0.15) is 6.04 Å². The summed E-state index contributed by atoms with van der Waals surface area (Å²) in [4.78, 5) is 23.6. The Bertz CT molecular complexity index is 976. The van der Waals surface area contributed by atoms with Gasteiger partial charge in [0.15, 0.2) is 0 Å². The van der Waals surface area contributed by atoms with Crippen LogP contribution in [0.3, 0.4) is 0 Å². The summed E-state index contributed by atoms with van der Waals surface area (Å²) in [5, 5.41) is 5.59. The lowest BCUT2D eigenvalue weighted by molar-refractivity contribution is -0.127. The summed E-state index contributed by atoms with van der Waals surface area (Å²) in [6, 6.07) is 11.4. The molecule has 1 atom stereocenters. The third kappa shape index (κ3) is 3.97. The number of hydrogen-bond acceptors (Lipinski definition) is 4. The number of anilines is 1. The lowest BCUT2D eigenvalue weighted by Crippen LogP contribution is -2.52. The highest BCUT2D eigenvalue weighted by Crippen LogP contribution is 2.33. The Morgan fingerprint density at radius 3 is 2.48 bits per heavy atom. The SMILES string of the molecule is CC(=O)Nc1ccc(S(=O)(=O)N2CCNC(=O)C2c2ccccc2Cl)cc1. The fourth-order valence-electron chi connectivity index (χ4n) is 2.95. The van der Waals surface area contributed by atoms with Crippen molar-refractivity contribution in [3.05, 3.63) is 59.1 Å². The molecule has 0 bridgehead atoms. The minimum absolute atomic E-state index is 0.0309. The molecular weight excluding hydrogens is 390 g/mol. The number of benzene rings is 2. The number of nitrogens with one attached hydrogen (secondary N) is 2. The number of nitrogens with zero attached hydrogens (tertiary/aromatic N) is 1. The van der Waals surface area contributed by atoms with Crippen LogP contribution in [0.2, 0.25) is 5.02 Å². The fraction of sp³-hybridized carbons (Fsp3) is 0.222. The van der Waals surface area contributed by atoms with E-state index in [1.165, 1.54) is 31.2 Å². The highest BCUT2D eigenvalue weighted by molar-refractivity contribution is 7.89. The molecule has 3 rings (SSSR count). The van der Waals surface area contributed by atoms with Crippen LogP contribution in [0.4, 0.5) is 5.69 Å². The van der Waals surface area contributed by atoms with E-state index in [0.717, 1.165) is 4.31 Å². The molecule has 0 aromatic heterocycles. The van der Waals surface area contributed by atoms with Crippen LogP contribution in [0.5, 0.6) is 0 Å². The summed E-state index contributed by atoms with van der Waals surface area (Å²) in [6.45, 7) is 1.70. The molecule has 1 aliphatic heterocycles. The van der Waals surface area contributed by atoms with Crippen LogP contribution in [-0.2, 0) is 19.6 Å². The first-order chi connectivity index (χ1) is 12.8. The van der Waals surface area contributed by atoms with E-state index in [-0.39, 0.29) is 23.9 Å². The lowest BCUT2D eigenvalue weighted by atomic mass is 10.0. The quantitative estimate of drug-likeness (QED) is 0.811. The first-order valence-electron chi connectivity index (χ1n) is 8.22. The standard InChI is InChI=1S/C18H18ClN3O4S/c1-12(23)21-13-6-8-14(9-7-13)27(25,26)22-11-10-20-18(24)17(22)15-4-2-3-5-16(15)19/h2-9,17H,10-11H2,1H3,(H,20,24)(H,21,23). The van der Waals surface area contributed by atoms with Crippen molar-refractivity contribution in [2.24, 2.45) is 0 Å². The Morgan fingerprint density at radius 2 is 1.85 bits per heavy atom. The van der Waals surface area contributed by atoms with Crippen LogP contribution in [0, 0.1) is 0 Å². The first kappa shape index (κ1) is 19.3. The molecule has 0 saturated carbocycles. The van der Waals surface area contributed by atoms with Gasteiger partial charge in [-0.15, -0.1) is 0 Å². The Hall–Kier alpha value is -2.42. The fourth-order valence-corrected chi connectivity index (χ4v) is 4.76. The lowest BCUT2D eigenvalue weighted by Gasteiger charge is -2.34. The number of carbonyl (C=O) groups is 2. The molecule has 2 amide bonds. The summed E-state index contributed by atoms with van der Waals surface area (Å²) in [5.74, 6) is -0.676. The maximum absolute atomic E-state index is 13.2. The van der Waals surface area contributed by atoms with E-state index in [0.29, 0.717) is 16.3 Å². The molecule has 142 valence electrons.